The number of thioether (sulfide) groups is 1. The van der Waals surface area contributed by atoms with Gasteiger partial charge in [0.2, 0.25) is 0 Å². The van der Waals surface area contributed by atoms with E-state index in [0.29, 0.717) is 22.9 Å². The molecular weight excluding hydrogens is 617 g/mol. The van der Waals surface area contributed by atoms with E-state index in [1.165, 1.54) is 21.7 Å². The van der Waals surface area contributed by atoms with Gasteiger partial charge in [-0.05, 0) is 99.2 Å². The third-order valence-corrected chi connectivity index (χ3v) is 8.62. The van der Waals surface area contributed by atoms with E-state index in [0.717, 1.165) is 37.1 Å². The number of hydrogen-bond donors (Lipinski definition) is 1. The molecule has 2 heterocycles. The summed E-state index contributed by atoms with van der Waals surface area (Å²) in [6, 6.07) is 8.79. The second-order valence-electron chi connectivity index (χ2n) is 12.1. The molecular formula is C31H32ClF3N4O4S. The topological polar surface area (TPSA) is 93.5 Å². The lowest BCUT2D eigenvalue weighted by Crippen LogP contribution is -2.43. The van der Waals surface area contributed by atoms with Crippen molar-refractivity contribution in [1.82, 2.24) is 20.0 Å². The zero-order valence-corrected chi connectivity index (χ0v) is 26.0. The van der Waals surface area contributed by atoms with Gasteiger partial charge in [-0.15, -0.1) is 0 Å². The number of imide groups is 1. The second kappa shape index (κ2) is 12.5. The Labute approximate surface area is 261 Å². The SMILES string of the molecule is CC(C)(C)OC(=O)N[C@@H]1CCC[C@@H](CN2C(=O)SC(=Cc3ccc4c(cnn4Cc4ccc(Cl)cc4C(F)(F)F)c3)C2=O)C1. The number of hydrogen-bond acceptors (Lipinski definition) is 6. The molecule has 2 aromatic carbocycles. The Balaban J connectivity index is 1.26. The number of alkyl halides is 3. The van der Waals surface area contributed by atoms with Crippen molar-refractivity contribution in [2.24, 2.45) is 5.92 Å². The molecule has 1 saturated heterocycles. The maximum Gasteiger partial charge on any atom is 0.416 e. The van der Waals surface area contributed by atoms with Gasteiger partial charge in [0.05, 0.1) is 28.7 Å². The van der Waals surface area contributed by atoms with Crippen molar-refractivity contribution in [3.05, 3.63) is 69.2 Å². The molecule has 3 aromatic rings. The van der Waals surface area contributed by atoms with E-state index < -0.39 is 23.4 Å². The maximum absolute atomic E-state index is 13.6. The average Bonchev–Trinajstić information content (AvgIpc) is 3.43. The van der Waals surface area contributed by atoms with E-state index in [1.54, 1.807) is 51.2 Å². The number of ether oxygens (including phenoxy) is 1. The van der Waals surface area contributed by atoms with Gasteiger partial charge in [-0.3, -0.25) is 19.2 Å². The molecule has 0 unspecified atom stereocenters. The quantitative estimate of drug-likeness (QED) is 0.273. The molecule has 2 atom stereocenters. The maximum atomic E-state index is 13.6. The molecule has 1 aromatic heterocycles. The minimum atomic E-state index is -4.56. The van der Waals surface area contributed by atoms with Crippen LogP contribution in [0, 0.1) is 5.92 Å². The zero-order valence-electron chi connectivity index (χ0n) is 24.4. The second-order valence-corrected chi connectivity index (χ2v) is 13.5. The molecule has 0 bridgehead atoms. The number of rotatable bonds is 6. The zero-order chi connectivity index (χ0) is 31.8. The van der Waals surface area contributed by atoms with E-state index in [2.05, 4.69) is 10.4 Å². The summed E-state index contributed by atoms with van der Waals surface area (Å²) in [6.45, 7) is 5.56. The number of carbonyl (C=O) groups excluding carboxylic acids is 3. The highest BCUT2D eigenvalue weighted by Gasteiger charge is 2.38. The monoisotopic (exact) mass is 648 g/mol. The van der Waals surface area contributed by atoms with E-state index in [1.807, 2.05) is 0 Å². The van der Waals surface area contributed by atoms with Crippen LogP contribution >= 0.6 is 23.4 Å². The van der Waals surface area contributed by atoms with Crippen molar-refractivity contribution in [2.45, 2.75) is 70.8 Å². The van der Waals surface area contributed by atoms with Crippen LogP contribution in [-0.2, 0) is 22.3 Å². The van der Waals surface area contributed by atoms with Crippen LogP contribution in [0.3, 0.4) is 0 Å². The van der Waals surface area contributed by atoms with Gasteiger partial charge in [0.1, 0.15) is 5.60 Å². The van der Waals surface area contributed by atoms with Crippen molar-refractivity contribution in [3.8, 4) is 0 Å². The molecule has 2 fully saturated rings. The highest BCUT2D eigenvalue weighted by Crippen LogP contribution is 2.36. The fraction of sp³-hybridized carbons (Fsp3) is 0.419. The van der Waals surface area contributed by atoms with Gasteiger partial charge in [0, 0.05) is 23.0 Å². The smallest absolute Gasteiger partial charge is 0.416 e. The Kier molecular flexibility index (Phi) is 9.04. The molecule has 0 radical (unpaired) electrons. The Morgan fingerprint density at radius 1 is 1.16 bits per heavy atom. The lowest BCUT2D eigenvalue weighted by Gasteiger charge is -2.32. The number of fused-ring (bicyclic) bond motifs is 1. The van der Waals surface area contributed by atoms with Gasteiger partial charge in [-0.25, -0.2) is 4.79 Å². The van der Waals surface area contributed by atoms with E-state index in [-0.39, 0.29) is 51.7 Å². The molecule has 1 aliphatic carbocycles. The summed E-state index contributed by atoms with van der Waals surface area (Å²) in [5.41, 5.74) is -0.108. The van der Waals surface area contributed by atoms with Crippen LogP contribution in [0.1, 0.15) is 63.1 Å². The summed E-state index contributed by atoms with van der Waals surface area (Å²) in [5, 5.41) is 7.51. The van der Waals surface area contributed by atoms with E-state index in [4.69, 9.17) is 16.3 Å². The predicted octanol–water partition coefficient (Wildman–Crippen LogP) is 7.88. The van der Waals surface area contributed by atoms with Crippen LogP contribution < -0.4 is 5.32 Å². The molecule has 1 aliphatic heterocycles. The van der Waals surface area contributed by atoms with Gasteiger partial charge in [0.25, 0.3) is 11.1 Å². The first kappa shape index (κ1) is 31.9. The normalized spacial score (nSPS) is 20.5. The molecule has 0 spiro atoms. The van der Waals surface area contributed by atoms with Crippen LogP contribution in [0.25, 0.3) is 17.0 Å². The van der Waals surface area contributed by atoms with Crippen molar-refractivity contribution in [2.75, 3.05) is 6.54 Å². The van der Waals surface area contributed by atoms with Crippen molar-refractivity contribution in [3.63, 3.8) is 0 Å². The van der Waals surface area contributed by atoms with Crippen molar-refractivity contribution < 1.29 is 32.3 Å². The summed E-state index contributed by atoms with van der Waals surface area (Å²) < 4.78 is 47.6. The summed E-state index contributed by atoms with van der Waals surface area (Å²) >= 11 is 6.68. The molecule has 5 rings (SSSR count). The first-order chi connectivity index (χ1) is 20.7. The van der Waals surface area contributed by atoms with Crippen LogP contribution in [-0.4, -0.2) is 50.1 Å². The highest BCUT2D eigenvalue weighted by atomic mass is 35.5. The van der Waals surface area contributed by atoms with Crippen LogP contribution in [0.4, 0.5) is 22.8 Å². The van der Waals surface area contributed by atoms with Gasteiger partial charge < -0.3 is 10.1 Å². The minimum Gasteiger partial charge on any atom is -0.444 e. The third-order valence-electron chi connectivity index (χ3n) is 7.48. The van der Waals surface area contributed by atoms with Crippen LogP contribution in [0.15, 0.2) is 47.5 Å². The number of amides is 3. The molecule has 234 valence electrons. The molecule has 8 nitrogen and oxygen atoms in total. The Hall–Kier alpha value is -3.51. The summed E-state index contributed by atoms with van der Waals surface area (Å²) in [6.07, 6.45) is 1.30. The fourth-order valence-electron chi connectivity index (χ4n) is 5.56. The number of carbonyl (C=O) groups is 3. The average molecular weight is 649 g/mol. The van der Waals surface area contributed by atoms with Gasteiger partial charge in [-0.1, -0.05) is 30.2 Å². The number of aromatic nitrogens is 2. The number of nitrogens with zero attached hydrogens (tertiary/aromatic N) is 3. The molecule has 1 saturated carbocycles. The number of halogens is 4. The third kappa shape index (κ3) is 7.58. The molecule has 44 heavy (non-hydrogen) atoms. The van der Waals surface area contributed by atoms with Gasteiger partial charge in [-0.2, -0.15) is 18.3 Å². The molecule has 2 aliphatic rings. The van der Waals surface area contributed by atoms with Crippen LogP contribution in [0.5, 0.6) is 0 Å². The standard InChI is InChI=1S/C31H32ClF3N4O4S/c1-30(2,3)43-28(41)37-23-6-4-5-19(12-23)16-38-27(40)26(44-29(38)42)13-18-7-10-25-21(11-18)15-36-39(25)17-20-8-9-22(32)14-24(20)31(33,34)35/h7-11,13-15,19,23H,4-6,12,16-17H2,1-3H3,(H,37,41)/t19-,23-/m1/s1. The van der Waals surface area contributed by atoms with Crippen LogP contribution in [0.2, 0.25) is 5.02 Å². The summed E-state index contributed by atoms with van der Waals surface area (Å²) in [7, 11) is 0. The lowest BCUT2D eigenvalue weighted by molar-refractivity contribution is -0.138. The van der Waals surface area contributed by atoms with Crippen molar-refractivity contribution >= 4 is 57.6 Å². The Morgan fingerprint density at radius 3 is 2.66 bits per heavy atom. The van der Waals surface area contributed by atoms with E-state index in [9.17, 15) is 27.6 Å². The minimum absolute atomic E-state index is 0.00130. The number of benzene rings is 2. The first-order valence-corrected chi connectivity index (χ1v) is 15.4. The molecule has 1 N–H and O–H groups in total. The summed E-state index contributed by atoms with van der Waals surface area (Å²) in [5.74, 6) is -0.322. The Bertz CT molecular complexity index is 1630. The van der Waals surface area contributed by atoms with E-state index >= 15 is 0 Å². The number of alkyl carbamates (subject to hydrolysis) is 1. The number of nitrogens with one attached hydrogen (secondary N) is 1. The lowest BCUT2D eigenvalue weighted by atomic mass is 9.85. The fourth-order valence-corrected chi connectivity index (χ4v) is 6.58. The predicted molar refractivity (Wildman–Crippen MR) is 163 cm³/mol. The van der Waals surface area contributed by atoms with Gasteiger partial charge >= 0.3 is 12.3 Å². The first-order valence-electron chi connectivity index (χ1n) is 14.2. The molecule has 3 amide bonds. The Morgan fingerprint density at radius 2 is 1.93 bits per heavy atom. The van der Waals surface area contributed by atoms with Gasteiger partial charge in [0.15, 0.2) is 0 Å². The molecule has 13 heteroatoms. The highest BCUT2D eigenvalue weighted by molar-refractivity contribution is 8.18. The summed E-state index contributed by atoms with van der Waals surface area (Å²) in [4.78, 5) is 39.8. The largest absolute Gasteiger partial charge is 0.444 e. The van der Waals surface area contributed by atoms with Crippen molar-refractivity contribution in [1.29, 1.82) is 0 Å².